The molecule has 6 heteroatoms. The molecule has 2 heterocycles. The number of amides is 1. The van der Waals surface area contributed by atoms with Crippen LogP contribution >= 0.6 is 0 Å². The number of aryl methyl sites for hydroxylation is 1. The molecule has 0 aliphatic carbocycles. The number of aromatic nitrogens is 1. The highest BCUT2D eigenvalue weighted by molar-refractivity contribution is 6.46. The normalized spacial score (nSPS) is 18.3. The van der Waals surface area contributed by atoms with Gasteiger partial charge in [-0.1, -0.05) is 37.5 Å². The van der Waals surface area contributed by atoms with Crippen molar-refractivity contribution in [3.05, 3.63) is 65.0 Å². The molecule has 1 amide bonds. The van der Waals surface area contributed by atoms with Crippen molar-refractivity contribution < 1.29 is 19.4 Å². The number of pyridine rings is 1. The van der Waals surface area contributed by atoms with Gasteiger partial charge in [0.05, 0.1) is 24.3 Å². The van der Waals surface area contributed by atoms with Crippen LogP contribution in [-0.4, -0.2) is 40.3 Å². The molecule has 1 aromatic heterocycles. The Morgan fingerprint density at radius 1 is 1.24 bits per heavy atom. The molecule has 1 N–H and O–H groups in total. The molecule has 1 aromatic carbocycles. The van der Waals surface area contributed by atoms with E-state index < -0.39 is 17.7 Å². The van der Waals surface area contributed by atoms with E-state index in [4.69, 9.17) is 4.74 Å². The average molecular weight is 394 g/mol. The Morgan fingerprint density at radius 3 is 2.69 bits per heavy atom. The van der Waals surface area contributed by atoms with Gasteiger partial charge in [-0.3, -0.25) is 14.6 Å². The van der Waals surface area contributed by atoms with Crippen molar-refractivity contribution in [2.75, 3.05) is 13.7 Å². The second kappa shape index (κ2) is 8.90. The molecule has 0 spiro atoms. The average Bonchev–Trinajstić information content (AvgIpc) is 2.99. The number of carbonyl (C=O) groups is 2. The number of Topliss-reactive ketones (excluding diaryl/α,β-unsaturated/α-hetero) is 1. The van der Waals surface area contributed by atoms with Crippen molar-refractivity contribution in [2.24, 2.45) is 0 Å². The van der Waals surface area contributed by atoms with Crippen LogP contribution in [0.1, 0.15) is 48.9 Å². The standard InChI is InChI=1S/C23H26N2O4/c1-4-5-6-12-25-20(16-8-7-11-24-14-16)19(22(27)23(25)28)21(26)17-13-15(2)9-10-18(17)29-3/h7-11,13-14,20,26H,4-6,12H2,1-3H3/b21-19+. The topological polar surface area (TPSA) is 79.7 Å². The Bertz CT molecular complexity index is 937. The summed E-state index contributed by atoms with van der Waals surface area (Å²) in [7, 11) is 1.50. The number of carbonyl (C=O) groups excluding carboxylic acids is 2. The van der Waals surface area contributed by atoms with Crippen LogP contribution < -0.4 is 4.74 Å². The van der Waals surface area contributed by atoms with Crippen molar-refractivity contribution in [2.45, 2.75) is 39.2 Å². The van der Waals surface area contributed by atoms with Crippen molar-refractivity contribution >= 4 is 17.4 Å². The van der Waals surface area contributed by atoms with Gasteiger partial charge in [0.1, 0.15) is 11.5 Å². The number of nitrogens with zero attached hydrogens (tertiary/aromatic N) is 2. The highest BCUT2D eigenvalue weighted by atomic mass is 16.5. The SMILES string of the molecule is CCCCCN1C(=O)C(=O)/C(=C(/O)c2cc(C)ccc2OC)C1c1cccnc1. The van der Waals surface area contributed by atoms with Crippen LogP contribution in [0, 0.1) is 6.92 Å². The number of ketones is 1. The van der Waals surface area contributed by atoms with E-state index in [9.17, 15) is 14.7 Å². The van der Waals surface area contributed by atoms with Crippen molar-refractivity contribution in [1.82, 2.24) is 9.88 Å². The van der Waals surface area contributed by atoms with E-state index in [0.29, 0.717) is 23.4 Å². The number of hydrogen-bond donors (Lipinski definition) is 1. The van der Waals surface area contributed by atoms with Crippen LogP contribution in [0.15, 0.2) is 48.3 Å². The maximum absolute atomic E-state index is 13.0. The molecule has 1 aliphatic heterocycles. The summed E-state index contributed by atoms with van der Waals surface area (Å²) in [5.41, 5.74) is 2.06. The molecule has 1 saturated heterocycles. The van der Waals surface area contributed by atoms with Gasteiger partial charge in [-0.15, -0.1) is 0 Å². The summed E-state index contributed by atoms with van der Waals surface area (Å²) < 4.78 is 5.37. The quantitative estimate of drug-likeness (QED) is 0.332. The monoisotopic (exact) mass is 394 g/mol. The number of likely N-dealkylation sites (tertiary alicyclic amines) is 1. The van der Waals surface area contributed by atoms with Crippen LogP contribution in [0.2, 0.25) is 0 Å². The summed E-state index contributed by atoms with van der Waals surface area (Å²) in [6.07, 6.45) is 6.00. The van der Waals surface area contributed by atoms with Crippen molar-refractivity contribution in [1.29, 1.82) is 0 Å². The number of unbranched alkanes of at least 4 members (excludes halogenated alkanes) is 2. The molecule has 3 rings (SSSR count). The van der Waals surface area contributed by atoms with Crippen LogP contribution in [0.4, 0.5) is 0 Å². The Labute approximate surface area is 170 Å². The molecule has 1 atom stereocenters. The van der Waals surface area contributed by atoms with Gasteiger partial charge in [0.25, 0.3) is 11.7 Å². The van der Waals surface area contributed by atoms with E-state index in [1.165, 1.54) is 7.11 Å². The molecule has 0 bridgehead atoms. The van der Waals surface area contributed by atoms with Crippen LogP contribution in [-0.2, 0) is 9.59 Å². The Balaban J connectivity index is 2.16. The number of benzene rings is 1. The highest BCUT2D eigenvalue weighted by Crippen LogP contribution is 2.40. The molecule has 0 radical (unpaired) electrons. The van der Waals surface area contributed by atoms with E-state index in [2.05, 4.69) is 11.9 Å². The molecule has 2 aromatic rings. The highest BCUT2D eigenvalue weighted by Gasteiger charge is 2.46. The van der Waals surface area contributed by atoms with Gasteiger partial charge in [-0.2, -0.15) is 0 Å². The number of rotatable bonds is 7. The van der Waals surface area contributed by atoms with E-state index in [-0.39, 0.29) is 11.3 Å². The summed E-state index contributed by atoms with van der Waals surface area (Å²) in [5.74, 6) is -1.06. The van der Waals surface area contributed by atoms with Gasteiger partial charge in [0, 0.05) is 18.9 Å². The Hall–Kier alpha value is -3.15. The zero-order chi connectivity index (χ0) is 21.0. The molecule has 6 nitrogen and oxygen atoms in total. The van der Waals surface area contributed by atoms with Gasteiger partial charge < -0.3 is 14.7 Å². The zero-order valence-corrected chi connectivity index (χ0v) is 17.0. The second-order valence-electron chi connectivity index (χ2n) is 7.19. The Morgan fingerprint density at radius 2 is 2.03 bits per heavy atom. The lowest BCUT2D eigenvalue weighted by molar-refractivity contribution is -0.139. The minimum absolute atomic E-state index is 0.0726. The van der Waals surface area contributed by atoms with Crippen LogP contribution in [0.25, 0.3) is 5.76 Å². The summed E-state index contributed by atoms with van der Waals surface area (Å²) in [4.78, 5) is 31.5. The predicted molar refractivity (Wildman–Crippen MR) is 111 cm³/mol. The van der Waals surface area contributed by atoms with Crippen molar-refractivity contribution in [3.63, 3.8) is 0 Å². The minimum Gasteiger partial charge on any atom is -0.507 e. The number of aliphatic hydroxyl groups is 1. The van der Waals surface area contributed by atoms with E-state index in [1.807, 2.05) is 19.1 Å². The molecule has 1 fully saturated rings. The van der Waals surface area contributed by atoms with Gasteiger partial charge in [-0.05, 0) is 37.1 Å². The molecule has 1 aliphatic rings. The summed E-state index contributed by atoms with van der Waals surface area (Å²) in [6, 6.07) is 8.24. The number of aliphatic hydroxyl groups excluding tert-OH is 1. The first-order chi connectivity index (χ1) is 14.0. The largest absolute Gasteiger partial charge is 0.507 e. The number of methoxy groups -OCH3 is 1. The third kappa shape index (κ3) is 4.01. The maximum atomic E-state index is 13.0. The number of hydrogen-bond acceptors (Lipinski definition) is 5. The van der Waals surface area contributed by atoms with Gasteiger partial charge in [0.2, 0.25) is 0 Å². The molecular formula is C23H26N2O4. The second-order valence-corrected chi connectivity index (χ2v) is 7.19. The lowest BCUT2D eigenvalue weighted by Gasteiger charge is -2.25. The lowest BCUT2D eigenvalue weighted by Crippen LogP contribution is -2.30. The third-order valence-corrected chi connectivity index (χ3v) is 5.15. The number of ether oxygens (including phenoxy) is 1. The third-order valence-electron chi connectivity index (χ3n) is 5.15. The molecular weight excluding hydrogens is 368 g/mol. The zero-order valence-electron chi connectivity index (χ0n) is 17.0. The first kappa shape index (κ1) is 20.6. The maximum Gasteiger partial charge on any atom is 0.295 e. The Kier molecular flexibility index (Phi) is 6.32. The minimum atomic E-state index is -0.684. The van der Waals surface area contributed by atoms with Crippen LogP contribution in [0.3, 0.4) is 0 Å². The fourth-order valence-corrected chi connectivity index (χ4v) is 3.68. The summed E-state index contributed by atoms with van der Waals surface area (Å²) >= 11 is 0. The van der Waals surface area contributed by atoms with Gasteiger partial charge in [-0.25, -0.2) is 0 Å². The van der Waals surface area contributed by atoms with E-state index >= 15 is 0 Å². The molecule has 29 heavy (non-hydrogen) atoms. The first-order valence-electron chi connectivity index (χ1n) is 9.83. The molecule has 1 unspecified atom stereocenters. The van der Waals surface area contributed by atoms with Gasteiger partial charge >= 0.3 is 0 Å². The summed E-state index contributed by atoms with van der Waals surface area (Å²) in [6.45, 7) is 4.41. The van der Waals surface area contributed by atoms with Crippen molar-refractivity contribution in [3.8, 4) is 5.75 Å². The first-order valence-corrected chi connectivity index (χ1v) is 9.83. The van der Waals surface area contributed by atoms with E-state index in [0.717, 1.165) is 24.8 Å². The van der Waals surface area contributed by atoms with Crippen LogP contribution in [0.5, 0.6) is 5.75 Å². The molecule has 0 saturated carbocycles. The molecule has 152 valence electrons. The lowest BCUT2D eigenvalue weighted by atomic mass is 9.95. The predicted octanol–water partition coefficient (Wildman–Crippen LogP) is 4.01. The fourth-order valence-electron chi connectivity index (χ4n) is 3.68. The van der Waals surface area contributed by atoms with Gasteiger partial charge in [0.15, 0.2) is 0 Å². The summed E-state index contributed by atoms with van der Waals surface area (Å²) in [5, 5.41) is 11.1. The smallest absolute Gasteiger partial charge is 0.295 e. The van der Waals surface area contributed by atoms with E-state index in [1.54, 1.807) is 35.5 Å². The fraction of sp³-hybridized carbons (Fsp3) is 0.348.